The Morgan fingerprint density at radius 2 is 1.89 bits per heavy atom. The van der Waals surface area contributed by atoms with Crippen LogP contribution < -0.4 is 10.6 Å². The highest BCUT2D eigenvalue weighted by Gasteiger charge is 2.22. The predicted molar refractivity (Wildman–Crippen MR) is 80.2 cm³/mol. The van der Waals surface area contributed by atoms with E-state index in [4.69, 9.17) is 0 Å². The molecule has 112 valence electrons. The van der Waals surface area contributed by atoms with E-state index in [0.717, 1.165) is 32.1 Å². The van der Waals surface area contributed by atoms with Crippen molar-refractivity contribution in [1.82, 2.24) is 15.5 Å². The fourth-order valence-electron chi connectivity index (χ4n) is 2.49. The molecule has 0 saturated carbocycles. The molecule has 0 unspecified atom stereocenters. The molecular formula is C15H31N3O. The Bertz CT molecular complexity index is 265. The first kappa shape index (κ1) is 16.4. The minimum Gasteiger partial charge on any atom is -0.350 e. The maximum Gasteiger partial charge on any atom is 0.234 e. The van der Waals surface area contributed by atoms with Gasteiger partial charge in [-0.25, -0.2) is 0 Å². The summed E-state index contributed by atoms with van der Waals surface area (Å²) in [5.41, 5.74) is -0.126. The molecule has 1 saturated heterocycles. The number of nitrogens with zero attached hydrogens (tertiary/aromatic N) is 1. The Morgan fingerprint density at radius 3 is 2.42 bits per heavy atom. The predicted octanol–water partition coefficient (Wildman–Crippen LogP) is 1.61. The van der Waals surface area contributed by atoms with E-state index in [9.17, 15) is 4.79 Å². The van der Waals surface area contributed by atoms with Crippen LogP contribution in [0, 0.1) is 5.92 Å². The first-order valence-electron chi connectivity index (χ1n) is 7.65. The number of likely N-dealkylation sites (tertiary alicyclic amines) is 1. The van der Waals surface area contributed by atoms with E-state index in [2.05, 4.69) is 22.5 Å². The number of amides is 1. The van der Waals surface area contributed by atoms with Gasteiger partial charge >= 0.3 is 0 Å². The normalized spacial score (nSPS) is 18.5. The van der Waals surface area contributed by atoms with E-state index >= 15 is 0 Å². The molecule has 0 aromatic rings. The van der Waals surface area contributed by atoms with E-state index in [1.807, 2.05) is 20.8 Å². The van der Waals surface area contributed by atoms with Crippen LogP contribution in [-0.2, 0) is 4.79 Å². The second-order valence-corrected chi connectivity index (χ2v) is 6.72. The van der Waals surface area contributed by atoms with Gasteiger partial charge in [0.05, 0.1) is 6.54 Å². The van der Waals surface area contributed by atoms with Crippen molar-refractivity contribution >= 4 is 5.91 Å². The molecule has 0 aliphatic carbocycles. The van der Waals surface area contributed by atoms with Crippen molar-refractivity contribution < 1.29 is 4.79 Å². The summed E-state index contributed by atoms with van der Waals surface area (Å²) in [6.45, 7) is 13.2. The van der Waals surface area contributed by atoms with Crippen LogP contribution in [0.15, 0.2) is 0 Å². The van der Waals surface area contributed by atoms with Gasteiger partial charge in [0.15, 0.2) is 0 Å². The molecule has 1 heterocycles. The van der Waals surface area contributed by atoms with Gasteiger partial charge < -0.3 is 10.6 Å². The van der Waals surface area contributed by atoms with Crippen LogP contribution >= 0.6 is 0 Å². The van der Waals surface area contributed by atoms with Gasteiger partial charge in [-0.1, -0.05) is 6.92 Å². The minimum absolute atomic E-state index is 0.126. The first-order valence-corrected chi connectivity index (χ1v) is 7.65. The van der Waals surface area contributed by atoms with E-state index in [-0.39, 0.29) is 11.4 Å². The average Bonchev–Trinajstić information content (AvgIpc) is 2.29. The van der Waals surface area contributed by atoms with Gasteiger partial charge in [0.2, 0.25) is 5.91 Å². The molecule has 0 aromatic heterocycles. The zero-order valence-corrected chi connectivity index (χ0v) is 13.1. The second-order valence-electron chi connectivity index (χ2n) is 6.72. The lowest BCUT2D eigenvalue weighted by Gasteiger charge is -2.32. The topological polar surface area (TPSA) is 44.4 Å². The Hall–Kier alpha value is -0.610. The number of nitrogens with one attached hydrogen (secondary N) is 2. The molecule has 2 N–H and O–H groups in total. The molecule has 0 spiro atoms. The maximum atomic E-state index is 11.9. The van der Waals surface area contributed by atoms with Gasteiger partial charge in [0.25, 0.3) is 0 Å². The van der Waals surface area contributed by atoms with Gasteiger partial charge in [-0.2, -0.15) is 0 Å². The molecule has 0 atom stereocenters. The third-order valence-electron chi connectivity index (χ3n) is 3.45. The van der Waals surface area contributed by atoms with Crippen molar-refractivity contribution in [2.45, 2.75) is 52.5 Å². The van der Waals surface area contributed by atoms with E-state index in [1.165, 1.54) is 19.3 Å². The molecule has 1 amide bonds. The number of hydrogen-bond donors (Lipinski definition) is 2. The average molecular weight is 269 g/mol. The Labute approximate surface area is 118 Å². The van der Waals surface area contributed by atoms with Gasteiger partial charge in [0.1, 0.15) is 0 Å². The van der Waals surface area contributed by atoms with Gasteiger partial charge in [-0.05, 0) is 72.1 Å². The van der Waals surface area contributed by atoms with Gasteiger partial charge in [0, 0.05) is 5.54 Å². The van der Waals surface area contributed by atoms with Crippen LogP contribution in [0.25, 0.3) is 0 Å². The number of rotatable bonds is 6. The monoisotopic (exact) mass is 269 g/mol. The molecule has 19 heavy (non-hydrogen) atoms. The Balaban J connectivity index is 2.17. The molecular weight excluding hydrogens is 238 g/mol. The number of carbonyl (C=O) groups excluding carboxylic acids is 1. The molecule has 0 aromatic carbocycles. The fourth-order valence-corrected chi connectivity index (χ4v) is 2.49. The largest absolute Gasteiger partial charge is 0.350 e. The Morgan fingerprint density at radius 1 is 1.26 bits per heavy atom. The summed E-state index contributed by atoms with van der Waals surface area (Å²) < 4.78 is 0. The zero-order chi connectivity index (χ0) is 14.3. The SMILES string of the molecule is CCCNCC1CCN(CC(=O)NC(C)(C)C)CC1. The van der Waals surface area contributed by atoms with Crippen LogP contribution in [-0.4, -0.2) is 49.1 Å². The fraction of sp³-hybridized carbons (Fsp3) is 0.933. The highest BCUT2D eigenvalue weighted by atomic mass is 16.2. The second kappa shape index (κ2) is 7.85. The molecule has 4 nitrogen and oxygen atoms in total. The van der Waals surface area contributed by atoms with Crippen LogP contribution in [0.4, 0.5) is 0 Å². The van der Waals surface area contributed by atoms with Crippen molar-refractivity contribution in [3.05, 3.63) is 0 Å². The number of piperidine rings is 1. The van der Waals surface area contributed by atoms with Gasteiger partial charge in [-0.15, -0.1) is 0 Å². The summed E-state index contributed by atoms with van der Waals surface area (Å²) in [5.74, 6) is 0.934. The highest BCUT2D eigenvalue weighted by molar-refractivity contribution is 5.78. The third kappa shape index (κ3) is 7.53. The molecule has 0 bridgehead atoms. The summed E-state index contributed by atoms with van der Waals surface area (Å²) in [6, 6.07) is 0. The summed E-state index contributed by atoms with van der Waals surface area (Å²) >= 11 is 0. The maximum absolute atomic E-state index is 11.9. The van der Waals surface area contributed by atoms with Crippen LogP contribution in [0.5, 0.6) is 0 Å². The Kier molecular flexibility index (Phi) is 6.80. The van der Waals surface area contributed by atoms with Crippen molar-refractivity contribution in [2.75, 3.05) is 32.7 Å². The molecule has 1 rings (SSSR count). The highest BCUT2D eigenvalue weighted by Crippen LogP contribution is 2.16. The van der Waals surface area contributed by atoms with E-state index in [0.29, 0.717) is 6.54 Å². The van der Waals surface area contributed by atoms with E-state index in [1.54, 1.807) is 0 Å². The zero-order valence-electron chi connectivity index (χ0n) is 13.1. The van der Waals surface area contributed by atoms with Crippen LogP contribution in [0.3, 0.4) is 0 Å². The summed E-state index contributed by atoms with van der Waals surface area (Å²) in [7, 11) is 0. The number of carbonyl (C=O) groups is 1. The van der Waals surface area contributed by atoms with Crippen molar-refractivity contribution in [2.24, 2.45) is 5.92 Å². The lowest BCUT2D eigenvalue weighted by Crippen LogP contribution is -2.48. The first-order chi connectivity index (χ1) is 8.90. The molecule has 1 aliphatic rings. The number of hydrogen-bond acceptors (Lipinski definition) is 3. The van der Waals surface area contributed by atoms with Crippen LogP contribution in [0.2, 0.25) is 0 Å². The van der Waals surface area contributed by atoms with Gasteiger partial charge in [-0.3, -0.25) is 9.69 Å². The van der Waals surface area contributed by atoms with Crippen molar-refractivity contribution in [3.63, 3.8) is 0 Å². The lowest BCUT2D eigenvalue weighted by molar-refractivity contribution is -0.124. The molecule has 1 fully saturated rings. The quantitative estimate of drug-likeness (QED) is 0.720. The standard InChI is InChI=1S/C15H31N3O/c1-5-8-16-11-13-6-9-18(10-7-13)12-14(19)17-15(2,3)4/h13,16H,5-12H2,1-4H3,(H,17,19). The van der Waals surface area contributed by atoms with Crippen molar-refractivity contribution in [1.29, 1.82) is 0 Å². The van der Waals surface area contributed by atoms with Crippen LogP contribution in [0.1, 0.15) is 47.0 Å². The summed E-state index contributed by atoms with van der Waals surface area (Å²) in [5, 5.41) is 6.52. The minimum atomic E-state index is -0.126. The lowest BCUT2D eigenvalue weighted by atomic mass is 9.96. The third-order valence-corrected chi connectivity index (χ3v) is 3.45. The summed E-state index contributed by atoms with van der Waals surface area (Å²) in [6.07, 6.45) is 3.62. The molecule has 4 heteroatoms. The van der Waals surface area contributed by atoms with Crippen molar-refractivity contribution in [3.8, 4) is 0 Å². The summed E-state index contributed by atoms with van der Waals surface area (Å²) in [4.78, 5) is 14.1. The molecule has 0 radical (unpaired) electrons. The smallest absolute Gasteiger partial charge is 0.234 e. The molecule has 1 aliphatic heterocycles. The van der Waals surface area contributed by atoms with E-state index < -0.39 is 0 Å².